The molecule has 1 fully saturated rings. The molecule has 0 amide bonds. The third-order valence-corrected chi connectivity index (χ3v) is 6.56. The van der Waals surface area contributed by atoms with Gasteiger partial charge in [0.1, 0.15) is 10.5 Å². The Hall–Kier alpha value is -2.78. The minimum Gasteiger partial charge on any atom is -0.434 e. The highest BCUT2D eigenvalue weighted by Gasteiger charge is 2.52. The molecule has 2 aliphatic rings. The average Bonchev–Trinajstić information content (AvgIpc) is 3.49. The van der Waals surface area contributed by atoms with Crippen molar-refractivity contribution in [1.29, 1.82) is 0 Å². The zero-order valence-electron chi connectivity index (χ0n) is 14.4. The molecule has 1 atom stereocenters. The lowest BCUT2D eigenvalue weighted by Gasteiger charge is -2.31. The van der Waals surface area contributed by atoms with Crippen LogP contribution in [0.3, 0.4) is 0 Å². The van der Waals surface area contributed by atoms with Gasteiger partial charge in [-0.15, -0.1) is 0 Å². The van der Waals surface area contributed by atoms with Gasteiger partial charge in [-0.3, -0.25) is 4.98 Å². The molecule has 0 aromatic carbocycles. The minimum atomic E-state index is -3.77. The number of sulfonamides is 1. The Morgan fingerprint density at radius 1 is 1.26 bits per heavy atom. The Bertz CT molecular complexity index is 1030. The number of nitrogen functional groups attached to an aromatic ring is 1. The van der Waals surface area contributed by atoms with Crippen LogP contribution < -0.4 is 15.6 Å². The number of nitrogens with two attached hydrogens (primary N) is 2. The fourth-order valence-electron chi connectivity index (χ4n) is 3.33. The molecule has 2 heterocycles. The van der Waals surface area contributed by atoms with E-state index in [1.165, 1.54) is 12.4 Å². The summed E-state index contributed by atoms with van der Waals surface area (Å²) in [7, 11) is -3.77. The van der Waals surface area contributed by atoms with Crippen molar-refractivity contribution in [2.24, 2.45) is 11.1 Å². The van der Waals surface area contributed by atoms with Crippen LogP contribution in [-0.2, 0) is 10.0 Å². The van der Waals surface area contributed by atoms with Crippen molar-refractivity contribution >= 4 is 21.4 Å². The molecule has 9 heteroatoms. The normalized spacial score (nSPS) is 22.3. The van der Waals surface area contributed by atoms with E-state index in [-0.39, 0.29) is 24.0 Å². The molecule has 2 aliphatic carbocycles. The van der Waals surface area contributed by atoms with Gasteiger partial charge >= 0.3 is 0 Å². The van der Waals surface area contributed by atoms with Crippen molar-refractivity contribution in [2.45, 2.75) is 24.0 Å². The smallest absolute Gasteiger partial charge is 0.263 e. The molecule has 1 saturated carbocycles. The number of hydrogen-bond acceptors (Lipinski definition) is 7. The van der Waals surface area contributed by atoms with Crippen LogP contribution in [0.4, 0.5) is 5.82 Å². The van der Waals surface area contributed by atoms with E-state index in [0.29, 0.717) is 11.4 Å². The van der Waals surface area contributed by atoms with E-state index in [1.807, 2.05) is 6.08 Å². The van der Waals surface area contributed by atoms with Crippen molar-refractivity contribution in [2.75, 3.05) is 5.73 Å². The maximum Gasteiger partial charge on any atom is 0.263 e. The fourth-order valence-corrected chi connectivity index (χ4v) is 4.65. The third kappa shape index (κ3) is 3.31. The number of primary sulfonamides is 1. The molecule has 2 aromatic heterocycles. The van der Waals surface area contributed by atoms with Crippen LogP contribution in [-0.4, -0.2) is 28.1 Å². The molecule has 4 rings (SSSR count). The maximum atomic E-state index is 12.3. The molecule has 0 aliphatic heterocycles. The van der Waals surface area contributed by atoms with Gasteiger partial charge in [-0.2, -0.15) is 0 Å². The Labute approximate surface area is 157 Å². The van der Waals surface area contributed by atoms with E-state index < -0.39 is 14.8 Å². The molecule has 1 unspecified atom stereocenters. The molecular weight excluding hydrogens is 366 g/mol. The summed E-state index contributed by atoms with van der Waals surface area (Å²) >= 11 is 0. The van der Waals surface area contributed by atoms with Crippen LogP contribution >= 0.6 is 0 Å². The van der Waals surface area contributed by atoms with Crippen molar-refractivity contribution in [3.63, 3.8) is 0 Å². The molecular formula is C18H19N5O3S. The van der Waals surface area contributed by atoms with Crippen molar-refractivity contribution in [3.8, 4) is 11.6 Å². The van der Waals surface area contributed by atoms with Crippen LogP contribution in [0.5, 0.6) is 11.6 Å². The number of nitrogens with zero attached hydrogens (tertiary/aromatic N) is 3. The molecule has 8 nitrogen and oxygen atoms in total. The highest BCUT2D eigenvalue weighted by molar-refractivity contribution is 7.90. The van der Waals surface area contributed by atoms with Crippen molar-refractivity contribution in [3.05, 3.63) is 54.6 Å². The van der Waals surface area contributed by atoms with Gasteiger partial charge in [-0.05, 0) is 42.9 Å². The maximum absolute atomic E-state index is 12.3. The second kappa shape index (κ2) is 6.43. The molecule has 0 spiro atoms. The van der Waals surface area contributed by atoms with Gasteiger partial charge < -0.3 is 10.5 Å². The lowest BCUT2D eigenvalue weighted by atomic mass is 9.88. The van der Waals surface area contributed by atoms with Gasteiger partial charge in [0.25, 0.3) is 5.88 Å². The fraction of sp³-hybridized carbons (Fsp3) is 0.278. The molecule has 0 radical (unpaired) electrons. The molecule has 0 bridgehead atoms. The van der Waals surface area contributed by atoms with E-state index in [2.05, 4.69) is 15.0 Å². The first-order valence-electron chi connectivity index (χ1n) is 8.50. The Morgan fingerprint density at radius 2 is 2.07 bits per heavy atom. The first kappa shape index (κ1) is 17.6. The molecule has 2 aromatic rings. The third-order valence-electron chi connectivity index (χ3n) is 4.89. The van der Waals surface area contributed by atoms with Crippen LogP contribution in [0.25, 0.3) is 5.57 Å². The molecule has 140 valence electrons. The number of pyridine rings is 1. The summed E-state index contributed by atoms with van der Waals surface area (Å²) in [5, 5.41) is 5.59. The van der Waals surface area contributed by atoms with Crippen LogP contribution in [0.1, 0.15) is 25.0 Å². The largest absolute Gasteiger partial charge is 0.434 e. The first-order chi connectivity index (χ1) is 12.9. The summed E-state index contributed by atoms with van der Waals surface area (Å²) in [5.74, 6) is 0.781. The Morgan fingerprint density at radius 3 is 2.74 bits per heavy atom. The predicted molar refractivity (Wildman–Crippen MR) is 101 cm³/mol. The number of rotatable bonds is 5. The molecule has 4 N–H and O–H groups in total. The van der Waals surface area contributed by atoms with Gasteiger partial charge in [0.05, 0.1) is 18.1 Å². The Balaban J connectivity index is 1.67. The quantitative estimate of drug-likeness (QED) is 0.804. The SMILES string of the molecule is Nc1ncc(C2=CC=CC(C3CC3)(S(N)(=O)=O)C2)nc1Oc1cccnc1. The van der Waals surface area contributed by atoms with Gasteiger partial charge in [-0.1, -0.05) is 18.2 Å². The first-order valence-corrected chi connectivity index (χ1v) is 10.1. The Kier molecular flexibility index (Phi) is 4.20. The van der Waals surface area contributed by atoms with Gasteiger partial charge in [0.15, 0.2) is 5.82 Å². The highest BCUT2D eigenvalue weighted by atomic mass is 32.2. The molecule has 27 heavy (non-hydrogen) atoms. The van der Waals surface area contributed by atoms with E-state index in [9.17, 15) is 8.42 Å². The van der Waals surface area contributed by atoms with Crippen molar-refractivity contribution < 1.29 is 13.2 Å². The minimum absolute atomic E-state index is 0.0281. The van der Waals surface area contributed by atoms with Crippen molar-refractivity contribution in [1.82, 2.24) is 15.0 Å². The number of allylic oxidation sites excluding steroid dienone is 3. The highest BCUT2D eigenvalue weighted by Crippen LogP contribution is 2.50. The zero-order valence-corrected chi connectivity index (χ0v) is 15.3. The van der Waals surface area contributed by atoms with Gasteiger partial charge in [-0.25, -0.2) is 23.5 Å². The van der Waals surface area contributed by atoms with Gasteiger partial charge in [0, 0.05) is 6.20 Å². The number of hydrogen-bond donors (Lipinski definition) is 2. The lowest BCUT2D eigenvalue weighted by molar-refractivity contribution is 0.460. The summed E-state index contributed by atoms with van der Waals surface area (Å²) in [6.45, 7) is 0. The summed E-state index contributed by atoms with van der Waals surface area (Å²) in [6, 6.07) is 3.45. The van der Waals surface area contributed by atoms with Gasteiger partial charge in [0.2, 0.25) is 10.0 Å². The number of anilines is 1. The number of aromatic nitrogens is 3. The summed E-state index contributed by atoms with van der Waals surface area (Å²) in [6.07, 6.45) is 11.9. The molecule has 0 saturated heterocycles. The second-order valence-electron chi connectivity index (χ2n) is 6.74. The monoisotopic (exact) mass is 385 g/mol. The predicted octanol–water partition coefficient (Wildman–Crippen LogP) is 2.03. The average molecular weight is 385 g/mol. The van der Waals surface area contributed by atoms with E-state index in [0.717, 1.165) is 18.4 Å². The summed E-state index contributed by atoms with van der Waals surface area (Å²) in [5.41, 5.74) is 7.10. The van der Waals surface area contributed by atoms with Crippen LogP contribution in [0, 0.1) is 5.92 Å². The number of ether oxygens (including phenoxy) is 1. The second-order valence-corrected chi connectivity index (χ2v) is 8.59. The van der Waals surface area contributed by atoms with Crippen LogP contribution in [0.15, 0.2) is 49.0 Å². The van der Waals surface area contributed by atoms with E-state index >= 15 is 0 Å². The zero-order chi connectivity index (χ0) is 19.1. The van der Waals surface area contributed by atoms with E-state index in [1.54, 1.807) is 30.5 Å². The van der Waals surface area contributed by atoms with E-state index in [4.69, 9.17) is 15.6 Å². The van der Waals surface area contributed by atoms with Crippen LogP contribution in [0.2, 0.25) is 0 Å². The summed E-state index contributed by atoms with van der Waals surface area (Å²) < 4.78 is 29.3. The lowest BCUT2D eigenvalue weighted by Crippen LogP contribution is -2.44. The standard InChI is InChI=1S/C18H19N5O3S/c19-16-17(26-14-4-2-8-21-10-14)23-15(11-22-16)12-3-1-7-18(9-12,13-5-6-13)27(20,24)25/h1-4,7-8,10-11,13H,5-6,9H2,(H2,19,22)(H2,20,24,25). The summed E-state index contributed by atoms with van der Waals surface area (Å²) in [4.78, 5) is 12.6. The topological polar surface area (TPSA) is 134 Å².